The van der Waals surface area contributed by atoms with Crippen molar-refractivity contribution in [2.24, 2.45) is 0 Å². The molecule has 1 N–H and O–H groups in total. The van der Waals surface area contributed by atoms with Gasteiger partial charge in [-0.05, 0) is 29.1 Å². The normalized spacial score (nSPS) is 17.8. The van der Waals surface area contributed by atoms with Crippen LogP contribution >= 0.6 is 11.3 Å². The highest BCUT2D eigenvalue weighted by molar-refractivity contribution is 7.10. The summed E-state index contributed by atoms with van der Waals surface area (Å²) in [7, 11) is 6.10. The standard InChI is InChI=1S/C23H23NO6S/c1-27-16-8-7-13(10-15(16)25)21-20(19-6-5-9-31-19)23(26)24(21)14-11-17(28-2)22(30-4)18(12-14)29-3/h5-12,20-21,25H,1-4H3/t20-,21-/m1/s1. The topological polar surface area (TPSA) is 77.5 Å². The highest BCUT2D eigenvalue weighted by Gasteiger charge is 2.50. The molecule has 7 nitrogen and oxygen atoms in total. The van der Waals surface area contributed by atoms with Gasteiger partial charge in [-0.3, -0.25) is 4.79 Å². The maximum atomic E-state index is 13.3. The number of thiophene rings is 1. The molecule has 1 saturated heterocycles. The Labute approximate surface area is 184 Å². The van der Waals surface area contributed by atoms with Gasteiger partial charge in [-0.15, -0.1) is 11.3 Å². The highest BCUT2D eigenvalue weighted by Crippen LogP contribution is 2.53. The Hall–Kier alpha value is -3.39. The molecule has 2 heterocycles. The molecule has 3 aromatic rings. The lowest BCUT2D eigenvalue weighted by molar-refractivity contribution is -0.126. The van der Waals surface area contributed by atoms with Crippen molar-refractivity contribution in [1.29, 1.82) is 0 Å². The van der Waals surface area contributed by atoms with Crippen molar-refractivity contribution in [3.63, 3.8) is 0 Å². The molecule has 31 heavy (non-hydrogen) atoms. The zero-order chi connectivity index (χ0) is 22.1. The summed E-state index contributed by atoms with van der Waals surface area (Å²) in [5.74, 6) is 1.37. The molecular weight excluding hydrogens is 418 g/mol. The Balaban J connectivity index is 1.83. The van der Waals surface area contributed by atoms with Crippen LogP contribution in [0.4, 0.5) is 5.69 Å². The van der Waals surface area contributed by atoms with E-state index >= 15 is 0 Å². The number of hydrogen-bond donors (Lipinski definition) is 1. The number of amides is 1. The van der Waals surface area contributed by atoms with Crippen LogP contribution in [0.1, 0.15) is 22.4 Å². The van der Waals surface area contributed by atoms with Crippen LogP contribution in [0.3, 0.4) is 0 Å². The minimum Gasteiger partial charge on any atom is -0.504 e. The van der Waals surface area contributed by atoms with Crippen molar-refractivity contribution in [3.05, 3.63) is 58.3 Å². The first kappa shape index (κ1) is 20.9. The van der Waals surface area contributed by atoms with E-state index in [0.29, 0.717) is 28.7 Å². The van der Waals surface area contributed by atoms with E-state index in [1.165, 1.54) is 39.8 Å². The summed E-state index contributed by atoms with van der Waals surface area (Å²) in [4.78, 5) is 16.0. The van der Waals surface area contributed by atoms with Crippen LogP contribution in [0.25, 0.3) is 0 Å². The molecule has 1 amide bonds. The lowest BCUT2D eigenvalue weighted by Gasteiger charge is -2.47. The second-order valence-electron chi connectivity index (χ2n) is 6.96. The van der Waals surface area contributed by atoms with Crippen molar-refractivity contribution in [3.8, 4) is 28.7 Å². The molecule has 8 heteroatoms. The molecule has 1 aliphatic rings. The number of nitrogens with zero attached hydrogens (tertiary/aromatic N) is 1. The molecule has 1 fully saturated rings. The molecule has 0 saturated carbocycles. The van der Waals surface area contributed by atoms with Crippen molar-refractivity contribution in [2.75, 3.05) is 33.3 Å². The summed E-state index contributed by atoms with van der Waals surface area (Å²) in [6.45, 7) is 0. The van der Waals surface area contributed by atoms with E-state index in [-0.39, 0.29) is 23.6 Å². The zero-order valence-electron chi connectivity index (χ0n) is 17.6. The van der Waals surface area contributed by atoms with Gasteiger partial charge in [0.25, 0.3) is 0 Å². The van der Waals surface area contributed by atoms with Crippen LogP contribution in [0, 0.1) is 0 Å². The molecular formula is C23H23NO6S. The minimum atomic E-state index is -0.355. The zero-order valence-corrected chi connectivity index (χ0v) is 18.4. The SMILES string of the molecule is COc1ccc([C@@H]2[C@@H](c3cccs3)C(=O)N2c2cc(OC)c(OC)c(OC)c2)cc1O. The first-order valence-electron chi connectivity index (χ1n) is 9.57. The maximum absolute atomic E-state index is 13.3. The molecule has 4 rings (SSSR count). The van der Waals surface area contributed by atoms with Gasteiger partial charge in [-0.2, -0.15) is 0 Å². The van der Waals surface area contributed by atoms with Crippen LogP contribution in [0.2, 0.25) is 0 Å². The summed E-state index contributed by atoms with van der Waals surface area (Å²) in [6.07, 6.45) is 0. The quantitative estimate of drug-likeness (QED) is 0.549. The Kier molecular flexibility index (Phi) is 5.65. The number of rotatable bonds is 7. The number of β-lactam (4-membered cyclic amide) rings is 1. The second kappa shape index (κ2) is 8.39. The van der Waals surface area contributed by atoms with E-state index in [9.17, 15) is 9.90 Å². The van der Waals surface area contributed by atoms with Gasteiger partial charge >= 0.3 is 0 Å². The molecule has 1 aliphatic heterocycles. The summed E-state index contributed by atoms with van der Waals surface area (Å²) in [6, 6.07) is 12.3. The van der Waals surface area contributed by atoms with E-state index in [1.54, 1.807) is 29.2 Å². The largest absolute Gasteiger partial charge is 0.504 e. The number of methoxy groups -OCH3 is 4. The molecule has 0 bridgehead atoms. The van der Waals surface area contributed by atoms with Gasteiger partial charge < -0.3 is 29.0 Å². The van der Waals surface area contributed by atoms with Gasteiger partial charge in [0, 0.05) is 17.0 Å². The van der Waals surface area contributed by atoms with Gasteiger partial charge in [-0.1, -0.05) is 12.1 Å². The van der Waals surface area contributed by atoms with Crippen LogP contribution in [-0.4, -0.2) is 39.5 Å². The average molecular weight is 442 g/mol. The number of phenols is 1. The summed E-state index contributed by atoms with van der Waals surface area (Å²) >= 11 is 1.54. The molecule has 0 unspecified atom stereocenters. The highest BCUT2D eigenvalue weighted by atomic mass is 32.1. The lowest BCUT2D eigenvalue weighted by Crippen LogP contribution is -2.53. The number of carbonyl (C=O) groups excluding carboxylic acids is 1. The fourth-order valence-electron chi connectivity index (χ4n) is 3.96. The van der Waals surface area contributed by atoms with Crippen molar-refractivity contribution in [2.45, 2.75) is 12.0 Å². The van der Waals surface area contributed by atoms with E-state index in [2.05, 4.69) is 0 Å². The third-order valence-corrected chi connectivity index (χ3v) is 6.37. The molecule has 2 aromatic carbocycles. The predicted octanol–water partition coefficient (Wildman–Crippen LogP) is 4.36. The number of benzene rings is 2. The van der Waals surface area contributed by atoms with Gasteiger partial charge in [0.2, 0.25) is 11.7 Å². The van der Waals surface area contributed by atoms with Crippen LogP contribution in [-0.2, 0) is 4.79 Å². The fraction of sp³-hybridized carbons (Fsp3) is 0.261. The third-order valence-electron chi connectivity index (χ3n) is 5.42. The Morgan fingerprint density at radius 1 is 0.903 bits per heavy atom. The second-order valence-corrected chi connectivity index (χ2v) is 7.94. The molecule has 1 aromatic heterocycles. The molecule has 2 atom stereocenters. The van der Waals surface area contributed by atoms with Gasteiger partial charge in [0.05, 0.1) is 46.1 Å². The monoisotopic (exact) mass is 441 g/mol. The van der Waals surface area contributed by atoms with E-state index < -0.39 is 0 Å². The maximum Gasteiger partial charge on any atom is 0.238 e. The third kappa shape index (κ3) is 3.42. The first-order valence-corrected chi connectivity index (χ1v) is 10.4. The molecule has 0 radical (unpaired) electrons. The lowest BCUT2D eigenvalue weighted by atomic mass is 9.80. The molecule has 0 aliphatic carbocycles. The van der Waals surface area contributed by atoms with Gasteiger partial charge in [-0.25, -0.2) is 0 Å². The number of anilines is 1. The average Bonchev–Trinajstić information content (AvgIpc) is 3.30. The van der Waals surface area contributed by atoms with Gasteiger partial charge in [0.1, 0.15) is 0 Å². The Bertz CT molecular complexity index is 1070. The smallest absolute Gasteiger partial charge is 0.238 e. The van der Waals surface area contributed by atoms with Crippen LogP contribution < -0.4 is 23.8 Å². The Morgan fingerprint density at radius 2 is 1.58 bits per heavy atom. The van der Waals surface area contributed by atoms with Gasteiger partial charge in [0.15, 0.2) is 23.0 Å². The van der Waals surface area contributed by atoms with Crippen LogP contribution in [0.5, 0.6) is 28.7 Å². The number of aromatic hydroxyl groups is 1. The Morgan fingerprint density at radius 3 is 2.10 bits per heavy atom. The predicted molar refractivity (Wildman–Crippen MR) is 118 cm³/mol. The summed E-state index contributed by atoms with van der Waals surface area (Å²) < 4.78 is 21.5. The summed E-state index contributed by atoms with van der Waals surface area (Å²) in [5.41, 5.74) is 1.41. The molecule has 0 spiro atoms. The fourth-order valence-corrected chi connectivity index (χ4v) is 4.81. The minimum absolute atomic E-state index is 0.0223. The van der Waals surface area contributed by atoms with Crippen molar-refractivity contribution >= 4 is 22.9 Å². The number of hydrogen-bond acceptors (Lipinski definition) is 7. The summed E-state index contributed by atoms with van der Waals surface area (Å²) in [5, 5.41) is 12.3. The number of carbonyl (C=O) groups is 1. The number of phenolic OH excluding ortho intramolecular Hbond substituents is 1. The van der Waals surface area contributed by atoms with E-state index in [4.69, 9.17) is 18.9 Å². The number of ether oxygens (including phenoxy) is 4. The first-order chi connectivity index (χ1) is 15.0. The van der Waals surface area contributed by atoms with Crippen LogP contribution in [0.15, 0.2) is 47.8 Å². The van der Waals surface area contributed by atoms with E-state index in [1.807, 2.05) is 23.6 Å². The van der Waals surface area contributed by atoms with Crippen molar-refractivity contribution < 1.29 is 28.8 Å². The van der Waals surface area contributed by atoms with E-state index in [0.717, 1.165) is 10.4 Å². The van der Waals surface area contributed by atoms with Crippen molar-refractivity contribution in [1.82, 2.24) is 0 Å². The molecule has 162 valence electrons.